The average Bonchev–Trinajstić information content (AvgIpc) is 2.52. The Labute approximate surface area is 131 Å². The van der Waals surface area contributed by atoms with Gasteiger partial charge in [0.15, 0.2) is 0 Å². The molecule has 0 aliphatic rings. The van der Waals surface area contributed by atoms with Gasteiger partial charge in [0.05, 0.1) is 5.69 Å². The highest BCUT2D eigenvalue weighted by atomic mass is 16.1. The van der Waals surface area contributed by atoms with Crippen LogP contribution in [0.25, 0.3) is 11.3 Å². The van der Waals surface area contributed by atoms with Crippen molar-refractivity contribution in [1.82, 2.24) is 20.0 Å². The molecule has 0 atom stereocenters. The van der Waals surface area contributed by atoms with Crippen LogP contribution in [0.15, 0.2) is 41.2 Å². The van der Waals surface area contributed by atoms with Crippen molar-refractivity contribution in [2.24, 2.45) is 0 Å². The summed E-state index contributed by atoms with van der Waals surface area (Å²) in [6, 6.07) is 11.6. The summed E-state index contributed by atoms with van der Waals surface area (Å²) in [5, 5.41) is 7.78. The van der Waals surface area contributed by atoms with Crippen LogP contribution in [0.3, 0.4) is 0 Å². The molecule has 0 unspecified atom stereocenters. The second-order valence-corrected chi connectivity index (χ2v) is 5.55. The maximum absolute atomic E-state index is 11.6. The van der Waals surface area contributed by atoms with E-state index in [0.717, 1.165) is 30.9 Å². The number of aromatic nitrogens is 2. The number of nitrogens with zero attached hydrogens (tertiary/aromatic N) is 3. The predicted octanol–water partition coefficient (Wildman–Crippen LogP) is 1.58. The summed E-state index contributed by atoms with van der Waals surface area (Å²) in [6.07, 6.45) is 0. The third kappa shape index (κ3) is 4.51. The summed E-state index contributed by atoms with van der Waals surface area (Å²) >= 11 is 0. The molecule has 0 saturated carbocycles. The molecule has 0 amide bonds. The summed E-state index contributed by atoms with van der Waals surface area (Å²) in [4.78, 5) is 13.7. The lowest BCUT2D eigenvalue weighted by Gasteiger charge is -2.10. The van der Waals surface area contributed by atoms with Gasteiger partial charge >= 0.3 is 0 Å². The lowest BCUT2D eigenvalue weighted by Crippen LogP contribution is -2.26. The smallest absolute Gasteiger partial charge is 0.266 e. The van der Waals surface area contributed by atoms with Crippen LogP contribution in [0.4, 0.5) is 0 Å². The molecular weight excluding hydrogens is 276 g/mol. The van der Waals surface area contributed by atoms with Crippen LogP contribution in [0.2, 0.25) is 0 Å². The first kappa shape index (κ1) is 16.4. The lowest BCUT2D eigenvalue weighted by molar-refractivity contribution is 0.400. The lowest BCUT2D eigenvalue weighted by atomic mass is 10.1. The summed E-state index contributed by atoms with van der Waals surface area (Å²) in [5.41, 5.74) is 3.03. The molecule has 22 heavy (non-hydrogen) atoms. The van der Waals surface area contributed by atoms with Gasteiger partial charge in [-0.2, -0.15) is 5.10 Å². The van der Waals surface area contributed by atoms with Crippen molar-refractivity contribution in [3.8, 4) is 11.3 Å². The Morgan fingerprint density at radius 2 is 1.86 bits per heavy atom. The summed E-state index contributed by atoms with van der Waals surface area (Å²) in [6.45, 7) is 5.36. The largest absolute Gasteiger partial charge is 0.311 e. The van der Waals surface area contributed by atoms with Crippen LogP contribution in [0, 0.1) is 0 Å². The number of rotatable bonds is 7. The van der Waals surface area contributed by atoms with E-state index in [1.165, 1.54) is 10.2 Å². The molecule has 1 aromatic carbocycles. The molecule has 0 radical (unpaired) electrons. The van der Waals surface area contributed by atoms with Gasteiger partial charge in [0, 0.05) is 37.8 Å². The molecular formula is C17H24N4O. The highest BCUT2D eigenvalue weighted by molar-refractivity contribution is 5.58. The third-order valence-electron chi connectivity index (χ3n) is 3.48. The minimum atomic E-state index is -0.0621. The van der Waals surface area contributed by atoms with Gasteiger partial charge in [0.25, 0.3) is 5.56 Å². The van der Waals surface area contributed by atoms with Gasteiger partial charge in [-0.05, 0) is 32.6 Å². The van der Waals surface area contributed by atoms with Crippen molar-refractivity contribution in [2.45, 2.75) is 20.0 Å². The zero-order valence-corrected chi connectivity index (χ0v) is 13.5. The first-order valence-corrected chi connectivity index (χ1v) is 7.63. The molecule has 0 fully saturated rings. The molecule has 0 saturated heterocycles. The molecule has 2 aromatic rings. The average molecular weight is 300 g/mol. The molecule has 0 aliphatic carbocycles. The highest BCUT2D eigenvalue weighted by Crippen LogP contribution is 2.16. The van der Waals surface area contributed by atoms with E-state index in [-0.39, 0.29) is 5.56 Å². The van der Waals surface area contributed by atoms with Crippen LogP contribution >= 0.6 is 0 Å². The van der Waals surface area contributed by atoms with Crippen LogP contribution in [-0.4, -0.2) is 41.9 Å². The van der Waals surface area contributed by atoms with E-state index in [1.54, 1.807) is 12.1 Å². The quantitative estimate of drug-likeness (QED) is 0.789. The fourth-order valence-electron chi connectivity index (χ4n) is 2.16. The minimum Gasteiger partial charge on any atom is -0.311 e. The van der Waals surface area contributed by atoms with Crippen molar-refractivity contribution < 1.29 is 0 Å². The Balaban J connectivity index is 2.01. The van der Waals surface area contributed by atoms with Gasteiger partial charge in [-0.15, -0.1) is 0 Å². The molecule has 1 aromatic heterocycles. The number of likely N-dealkylation sites (N-methyl/N-ethyl adjacent to an activating group) is 1. The van der Waals surface area contributed by atoms with E-state index in [1.807, 2.05) is 6.92 Å². The first-order chi connectivity index (χ1) is 10.6. The van der Waals surface area contributed by atoms with Crippen LogP contribution in [-0.2, 0) is 13.1 Å². The third-order valence-corrected chi connectivity index (χ3v) is 3.48. The fraction of sp³-hybridized carbons (Fsp3) is 0.412. The molecule has 118 valence electrons. The zero-order chi connectivity index (χ0) is 15.9. The molecule has 0 spiro atoms. The van der Waals surface area contributed by atoms with Gasteiger partial charge in [-0.1, -0.05) is 24.3 Å². The predicted molar refractivity (Wildman–Crippen MR) is 89.9 cm³/mol. The molecule has 1 N–H and O–H groups in total. The van der Waals surface area contributed by atoms with Crippen molar-refractivity contribution in [3.05, 3.63) is 52.3 Å². The Morgan fingerprint density at radius 1 is 1.14 bits per heavy atom. The topological polar surface area (TPSA) is 50.2 Å². The second-order valence-electron chi connectivity index (χ2n) is 5.55. The number of nitrogens with one attached hydrogen (secondary N) is 1. The number of hydrogen-bond acceptors (Lipinski definition) is 4. The highest BCUT2D eigenvalue weighted by Gasteiger charge is 2.02. The Bertz CT molecular complexity index is 646. The maximum atomic E-state index is 11.6. The summed E-state index contributed by atoms with van der Waals surface area (Å²) < 4.78 is 1.48. The second kappa shape index (κ2) is 7.87. The summed E-state index contributed by atoms with van der Waals surface area (Å²) in [5.74, 6) is 0. The van der Waals surface area contributed by atoms with Crippen LogP contribution in [0.1, 0.15) is 12.5 Å². The molecule has 0 aliphatic heterocycles. The molecule has 5 nitrogen and oxygen atoms in total. The Hall–Kier alpha value is -1.98. The van der Waals surface area contributed by atoms with E-state index in [0.29, 0.717) is 6.54 Å². The number of aryl methyl sites for hydroxylation is 1. The number of hydrogen-bond donors (Lipinski definition) is 1. The zero-order valence-electron chi connectivity index (χ0n) is 13.5. The molecule has 5 heteroatoms. The summed E-state index contributed by atoms with van der Waals surface area (Å²) in [7, 11) is 4.14. The van der Waals surface area contributed by atoms with Crippen molar-refractivity contribution in [3.63, 3.8) is 0 Å². The fourth-order valence-corrected chi connectivity index (χ4v) is 2.16. The van der Waals surface area contributed by atoms with E-state index in [2.05, 4.69) is 53.7 Å². The molecule has 1 heterocycles. The van der Waals surface area contributed by atoms with Crippen molar-refractivity contribution in [1.29, 1.82) is 0 Å². The van der Waals surface area contributed by atoms with E-state index < -0.39 is 0 Å². The van der Waals surface area contributed by atoms with E-state index in [9.17, 15) is 4.79 Å². The van der Waals surface area contributed by atoms with Crippen LogP contribution < -0.4 is 10.9 Å². The van der Waals surface area contributed by atoms with Crippen LogP contribution in [0.5, 0.6) is 0 Å². The van der Waals surface area contributed by atoms with E-state index >= 15 is 0 Å². The maximum Gasteiger partial charge on any atom is 0.266 e. The molecule has 0 bridgehead atoms. The first-order valence-electron chi connectivity index (χ1n) is 7.63. The standard InChI is InChI=1S/C17H24N4O/c1-4-21-17(22)10-9-16(19-21)15-7-5-14(6-8-15)13-18-11-12-20(2)3/h5-10,18H,4,11-13H2,1-3H3. The van der Waals surface area contributed by atoms with Gasteiger partial charge in [-0.25, -0.2) is 4.68 Å². The van der Waals surface area contributed by atoms with Crippen molar-refractivity contribution in [2.75, 3.05) is 27.2 Å². The monoisotopic (exact) mass is 300 g/mol. The normalized spacial score (nSPS) is 11.1. The van der Waals surface area contributed by atoms with Gasteiger partial charge in [-0.3, -0.25) is 4.79 Å². The molecule has 2 rings (SSSR count). The van der Waals surface area contributed by atoms with Gasteiger partial charge < -0.3 is 10.2 Å². The van der Waals surface area contributed by atoms with Gasteiger partial charge in [0.2, 0.25) is 0 Å². The van der Waals surface area contributed by atoms with Crippen molar-refractivity contribution >= 4 is 0 Å². The van der Waals surface area contributed by atoms with E-state index in [4.69, 9.17) is 0 Å². The minimum absolute atomic E-state index is 0.0621. The Kier molecular flexibility index (Phi) is 5.86. The van der Waals surface area contributed by atoms with Gasteiger partial charge in [0.1, 0.15) is 0 Å². The number of benzene rings is 1. The SMILES string of the molecule is CCn1nc(-c2ccc(CNCCN(C)C)cc2)ccc1=O. The Morgan fingerprint density at radius 3 is 2.50 bits per heavy atom.